The number of hydrogen-bond donors (Lipinski definition) is 2. The predicted molar refractivity (Wildman–Crippen MR) is 126 cm³/mol. The van der Waals surface area contributed by atoms with E-state index in [0.29, 0.717) is 6.04 Å². The molecule has 0 radical (unpaired) electrons. The third-order valence-electron chi connectivity index (χ3n) is 6.16. The van der Waals surface area contributed by atoms with Crippen LogP contribution in [0.3, 0.4) is 0 Å². The minimum atomic E-state index is 0. The van der Waals surface area contributed by atoms with Crippen LogP contribution in [0.4, 0.5) is 0 Å². The molecule has 2 unspecified atom stereocenters. The molecular weight excluding hydrogens is 447 g/mol. The van der Waals surface area contributed by atoms with Crippen LogP contribution in [0.25, 0.3) is 0 Å². The molecule has 0 aliphatic carbocycles. The monoisotopic (exact) mass is 484 g/mol. The minimum Gasteiger partial charge on any atom is -0.356 e. The molecule has 27 heavy (non-hydrogen) atoms. The zero-order chi connectivity index (χ0) is 18.6. The van der Waals surface area contributed by atoms with Gasteiger partial charge in [0.2, 0.25) is 0 Å². The van der Waals surface area contributed by atoms with Crippen LogP contribution in [0.2, 0.25) is 0 Å². The van der Waals surface area contributed by atoms with Crippen molar-refractivity contribution in [3.63, 3.8) is 0 Å². The number of nitrogens with zero attached hydrogens (tertiary/aromatic N) is 2. The summed E-state index contributed by atoms with van der Waals surface area (Å²) >= 11 is 0. The minimum absolute atomic E-state index is 0. The standard InChI is InChI=1S/C22H36N4.HI/c1-22(2,15-17-9-6-5-7-10-17)16-24-21(23-3)25-18-13-19-11-8-12-20(14-18)26(19)4;/h5-7,9-10,18-20H,8,11-16H2,1-4H3,(H2,23,24,25);1H. The van der Waals surface area contributed by atoms with Crippen LogP contribution >= 0.6 is 24.0 Å². The van der Waals surface area contributed by atoms with Crippen LogP contribution < -0.4 is 10.6 Å². The molecule has 2 fully saturated rings. The molecule has 5 heteroatoms. The van der Waals surface area contributed by atoms with Crippen molar-refractivity contribution in [1.29, 1.82) is 0 Å². The van der Waals surface area contributed by atoms with Gasteiger partial charge in [0.1, 0.15) is 0 Å². The molecule has 0 amide bonds. The first-order valence-corrected chi connectivity index (χ1v) is 10.2. The SMILES string of the molecule is CN=C(NCC(C)(C)Cc1ccccc1)NC1CC2CCCC(C1)N2C.I. The van der Waals surface area contributed by atoms with E-state index in [4.69, 9.17) is 0 Å². The Morgan fingerprint density at radius 1 is 1.15 bits per heavy atom. The molecule has 2 aliphatic rings. The first-order valence-electron chi connectivity index (χ1n) is 10.2. The summed E-state index contributed by atoms with van der Waals surface area (Å²) in [5, 5.41) is 7.28. The van der Waals surface area contributed by atoms with Gasteiger partial charge in [-0.3, -0.25) is 4.99 Å². The van der Waals surface area contributed by atoms with Crippen molar-refractivity contribution in [3.05, 3.63) is 35.9 Å². The molecular formula is C22H37IN4. The maximum absolute atomic E-state index is 4.49. The van der Waals surface area contributed by atoms with Gasteiger partial charge in [-0.2, -0.15) is 0 Å². The molecule has 2 heterocycles. The third kappa shape index (κ3) is 6.34. The van der Waals surface area contributed by atoms with Crippen LogP contribution in [-0.2, 0) is 6.42 Å². The highest BCUT2D eigenvalue weighted by molar-refractivity contribution is 14.0. The number of piperidine rings is 2. The Balaban J connectivity index is 0.00000261. The molecule has 4 nitrogen and oxygen atoms in total. The van der Waals surface area contributed by atoms with Crippen LogP contribution in [0.1, 0.15) is 51.5 Å². The summed E-state index contributed by atoms with van der Waals surface area (Å²) in [6, 6.07) is 12.8. The second-order valence-electron chi connectivity index (χ2n) is 8.97. The lowest BCUT2D eigenvalue weighted by molar-refractivity contribution is 0.0526. The topological polar surface area (TPSA) is 39.7 Å². The second-order valence-corrected chi connectivity index (χ2v) is 8.97. The van der Waals surface area contributed by atoms with Gasteiger partial charge in [-0.25, -0.2) is 0 Å². The van der Waals surface area contributed by atoms with Crippen molar-refractivity contribution < 1.29 is 0 Å². The van der Waals surface area contributed by atoms with Crippen LogP contribution in [0.5, 0.6) is 0 Å². The van der Waals surface area contributed by atoms with Crippen molar-refractivity contribution in [1.82, 2.24) is 15.5 Å². The van der Waals surface area contributed by atoms with E-state index in [1.807, 2.05) is 7.05 Å². The molecule has 3 rings (SSSR count). The molecule has 2 bridgehead atoms. The van der Waals surface area contributed by atoms with Crippen LogP contribution in [0.15, 0.2) is 35.3 Å². The lowest BCUT2D eigenvalue weighted by Gasteiger charge is -2.47. The zero-order valence-electron chi connectivity index (χ0n) is 17.4. The fourth-order valence-corrected chi connectivity index (χ4v) is 4.66. The Kier molecular flexibility index (Phi) is 8.40. The van der Waals surface area contributed by atoms with Gasteiger partial charge in [-0.15, -0.1) is 24.0 Å². The summed E-state index contributed by atoms with van der Waals surface area (Å²) in [6.07, 6.45) is 7.63. The predicted octanol–water partition coefficient (Wildman–Crippen LogP) is 4.05. The van der Waals surface area contributed by atoms with Crippen molar-refractivity contribution in [2.75, 3.05) is 20.6 Å². The molecule has 2 N–H and O–H groups in total. The summed E-state index contributed by atoms with van der Waals surface area (Å²) in [6.45, 7) is 5.56. The van der Waals surface area contributed by atoms with E-state index < -0.39 is 0 Å². The first-order chi connectivity index (χ1) is 12.5. The van der Waals surface area contributed by atoms with Crippen molar-refractivity contribution in [2.24, 2.45) is 10.4 Å². The Morgan fingerprint density at radius 2 is 1.78 bits per heavy atom. The lowest BCUT2D eigenvalue weighted by Crippen LogP contribution is -2.57. The Bertz CT molecular complexity index is 588. The van der Waals surface area contributed by atoms with Crippen LogP contribution in [0, 0.1) is 5.41 Å². The van der Waals surface area contributed by atoms with Crippen LogP contribution in [-0.4, -0.2) is 49.6 Å². The van der Waals surface area contributed by atoms with E-state index in [1.165, 1.54) is 37.7 Å². The molecule has 152 valence electrons. The van der Waals surface area contributed by atoms with E-state index in [1.54, 1.807) is 0 Å². The first kappa shape index (κ1) is 22.5. The fraction of sp³-hybridized carbons (Fsp3) is 0.682. The number of benzene rings is 1. The van der Waals surface area contributed by atoms with E-state index >= 15 is 0 Å². The maximum atomic E-state index is 4.49. The fourth-order valence-electron chi connectivity index (χ4n) is 4.66. The summed E-state index contributed by atoms with van der Waals surface area (Å²) in [4.78, 5) is 7.10. The van der Waals surface area contributed by atoms with Gasteiger partial charge in [0.15, 0.2) is 5.96 Å². The van der Waals surface area contributed by atoms with Gasteiger partial charge < -0.3 is 15.5 Å². The summed E-state index contributed by atoms with van der Waals surface area (Å²) in [5.74, 6) is 0.957. The molecule has 2 saturated heterocycles. The Morgan fingerprint density at radius 3 is 2.37 bits per heavy atom. The smallest absolute Gasteiger partial charge is 0.191 e. The zero-order valence-corrected chi connectivity index (χ0v) is 19.7. The number of nitrogens with one attached hydrogen (secondary N) is 2. The molecule has 2 atom stereocenters. The van der Waals surface area contributed by atoms with Gasteiger partial charge in [0.25, 0.3) is 0 Å². The number of guanidine groups is 1. The summed E-state index contributed by atoms with van der Waals surface area (Å²) in [5.41, 5.74) is 1.58. The van der Waals surface area contributed by atoms with Gasteiger partial charge in [0.05, 0.1) is 0 Å². The number of hydrogen-bond acceptors (Lipinski definition) is 2. The summed E-state index contributed by atoms with van der Waals surface area (Å²) in [7, 11) is 4.19. The molecule has 0 aromatic heterocycles. The third-order valence-corrected chi connectivity index (χ3v) is 6.16. The van der Waals surface area contributed by atoms with Gasteiger partial charge >= 0.3 is 0 Å². The number of aliphatic imine (C=N–C) groups is 1. The molecule has 0 spiro atoms. The van der Waals surface area contributed by atoms with Gasteiger partial charge in [-0.05, 0) is 50.1 Å². The average Bonchev–Trinajstić information content (AvgIpc) is 2.60. The number of rotatable bonds is 5. The van der Waals surface area contributed by atoms with Gasteiger partial charge in [-0.1, -0.05) is 50.6 Å². The normalized spacial score (nSPS) is 26.2. The van der Waals surface area contributed by atoms with E-state index in [0.717, 1.165) is 31.0 Å². The Hall–Kier alpha value is -0.820. The molecule has 1 aromatic carbocycles. The highest BCUT2D eigenvalue weighted by atomic mass is 127. The number of halogens is 1. The molecule has 1 aromatic rings. The average molecular weight is 484 g/mol. The highest BCUT2D eigenvalue weighted by Gasteiger charge is 2.36. The second kappa shape index (κ2) is 10.1. The molecule has 2 aliphatic heterocycles. The van der Waals surface area contributed by atoms with E-state index in [9.17, 15) is 0 Å². The van der Waals surface area contributed by atoms with Crippen molar-refractivity contribution >= 4 is 29.9 Å². The van der Waals surface area contributed by atoms with Crippen molar-refractivity contribution in [3.8, 4) is 0 Å². The summed E-state index contributed by atoms with van der Waals surface area (Å²) < 4.78 is 0. The number of fused-ring (bicyclic) bond motifs is 2. The molecule has 0 saturated carbocycles. The van der Waals surface area contributed by atoms with Gasteiger partial charge in [0, 0.05) is 31.7 Å². The maximum Gasteiger partial charge on any atom is 0.191 e. The Labute approximate surface area is 182 Å². The lowest BCUT2D eigenvalue weighted by atomic mass is 9.82. The highest BCUT2D eigenvalue weighted by Crippen LogP contribution is 2.32. The van der Waals surface area contributed by atoms with E-state index in [-0.39, 0.29) is 29.4 Å². The quantitative estimate of drug-likeness (QED) is 0.376. The van der Waals surface area contributed by atoms with Crippen molar-refractivity contribution in [2.45, 2.75) is 70.5 Å². The largest absolute Gasteiger partial charge is 0.356 e. The van der Waals surface area contributed by atoms with E-state index in [2.05, 4.69) is 71.8 Å².